The Balaban J connectivity index is 3.03. The number of alkyl halides is 3. The number of benzene rings is 1. The Morgan fingerprint density at radius 2 is 2.00 bits per heavy atom. The number of nitro groups is 1. The second-order valence-electron chi connectivity index (χ2n) is 3.96. The fourth-order valence-corrected chi connectivity index (χ4v) is 1.61. The van der Waals surface area contributed by atoms with E-state index in [2.05, 4.69) is 0 Å². The molecule has 0 saturated heterocycles. The molecule has 1 aromatic rings. The van der Waals surface area contributed by atoms with Gasteiger partial charge >= 0.3 is 6.18 Å². The molecule has 0 saturated carbocycles. The molecule has 0 aliphatic rings. The van der Waals surface area contributed by atoms with E-state index in [1.54, 1.807) is 0 Å². The van der Waals surface area contributed by atoms with Gasteiger partial charge in [-0.05, 0) is 12.5 Å². The molecule has 7 heteroatoms. The maximum Gasteiger partial charge on any atom is 0.426 e. The summed E-state index contributed by atoms with van der Waals surface area (Å²) in [4.78, 5) is 9.59. The van der Waals surface area contributed by atoms with E-state index in [0.29, 0.717) is 6.42 Å². The molecule has 0 spiro atoms. The number of hydrogen-bond acceptors (Lipinski definition) is 3. The third-order valence-corrected chi connectivity index (χ3v) is 2.49. The van der Waals surface area contributed by atoms with Gasteiger partial charge in [0, 0.05) is 6.07 Å². The largest absolute Gasteiger partial charge is 0.493 e. The molecule has 0 heterocycles. The van der Waals surface area contributed by atoms with Crippen LogP contribution in [0.15, 0.2) is 18.2 Å². The summed E-state index contributed by atoms with van der Waals surface area (Å²) in [6, 6.07) is 3.10. The zero-order valence-electron chi connectivity index (χ0n) is 10.4. The highest BCUT2D eigenvalue weighted by molar-refractivity contribution is 5.51. The minimum absolute atomic E-state index is 0.109. The van der Waals surface area contributed by atoms with Crippen LogP contribution in [0, 0.1) is 10.1 Å². The van der Waals surface area contributed by atoms with E-state index in [-0.39, 0.29) is 6.61 Å². The standard InChI is InChI=1S/C12H14F3NO3/c1-2-3-4-8-19-10-7-5-6-9(16(17)18)11(10)12(13,14)15/h5-7H,2-4,8H2,1H3. The van der Waals surface area contributed by atoms with Gasteiger partial charge in [0.2, 0.25) is 0 Å². The second-order valence-corrected chi connectivity index (χ2v) is 3.96. The molecule has 0 atom stereocenters. The van der Waals surface area contributed by atoms with Crippen LogP contribution in [-0.2, 0) is 6.18 Å². The van der Waals surface area contributed by atoms with Crippen LogP contribution in [0.25, 0.3) is 0 Å². The summed E-state index contributed by atoms with van der Waals surface area (Å²) in [7, 11) is 0. The summed E-state index contributed by atoms with van der Waals surface area (Å²) in [6.45, 7) is 2.06. The third-order valence-electron chi connectivity index (χ3n) is 2.49. The van der Waals surface area contributed by atoms with Gasteiger partial charge in [-0.1, -0.05) is 25.8 Å². The summed E-state index contributed by atoms with van der Waals surface area (Å²) in [5.41, 5.74) is -2.31. The summed E-state index contributed by atoms with van der Waals surface area (Å²) in [5, 5.41) is 10.6. The minimum Gasteiger partial charge on any atom is -0.493 e. The highest BCUT2D eigenvalue weighted by Gasteiger charge is 2.41. The Hall–Kier alpha value is -1.79. The van der Waals surface area contributed by atoms with Crippen LogP contribution in [-0.4, -0.2) is 11.5 Å². The highest BCUT2D eigenvalue weighted by atomic mass is 19.4. The lowest BCUT2D eigenvalue weighted by Crippen LogP contribution is -2.12. The van der Waals surface area contributed by atoms with E-state index < -0.39 is 28.1 Å². The molecule has 1 rings (SSSR count). The number of rotatable bonds is 6. The van der Waals surface area contributed by atoms with Crippen LogP contribution in [0.4, 0.5) is 18.9 Å². The van der Waals surface area contributed by atoms with Gasteiger partial charge in [0.05, 0.1) is 11.5 Å². The van der Waals surface area contributed by atoms with Gasteiger partial charge in [0.15, 0.2) is 5.56 Å². The average Bonchev–Trinajstić information content (AvgIpc) is 2.33. The number of halogens is 3. The minimum atomic E-state index is -4.82. The first kappa shape index (κ1) is 15.3. The molecule has 0 aromatic heterocycles. The van der Waals surface area contributed by atoms with Crippen molar-refractivity contribution in [2.24, 2.45) is 0 Å². The zero-order chi connectivity index (χ0) is 14.5. The van der Waals surface area contributed by atoms with Crippen LogP contribution in [0.3, 0.4) is 0 Å². The summed E-state index contributed by atoms with van der Waals surface area (Å²) in [6.07, 6.45) is -2.47. The predicted molar refractivity (Wildman–Crippen MR) is 63.1 cm³/mol. The van der Waals surface area contributed by atoms with Gasteiger partial charge in [-0.2, -0.15) is 13.2 Å². The van der Waals surface area contributed by atoms with Gasteiger partial charge in [0.25, 0.3) is 5.69 Å². The van der Waals surface area contributed by atoms with Crippen molar-refractivity contribution in [3.05, 3.63) is 33.9 Å². The first-order valence-corrected chi connectivity index (χ1v) is 5.85. The molecule has 1 aromatic carbocycles. The average molecular weight is 277 g/mol. The maximum atomic E-state index is 12.9. The number of unbranched alkanes of at least 4 members (excludes halogenated alkanes) is 2. The second kappa shape index (κ2) is 6.40. The van der Waals surface area contributed by atoms with Gasteiger partial charge in [-0.3, -0.25) is 10.1 Å². The number of nitro benzene ring substituents is 1. The zero-order valence-corrected chi connectivity index (χ0v) is 10.4. The lowest BCUT2D eigenvalue weighted by molar-refractivity contribution is -0.388. The summed E-state index contributed by atoms with van der Waals surface area (Å²) >= 11 is 0. The third kappa shape index (κ3) is 4.11. The van der Waals surface area contributed by atoms with Crippen molar-refractivity contribution in [1.82, 2.24) is 0 Å². The smallest absolute Gasteiger partial charge is 0.426 e. The van der Waals surface area contributed by atoms with Gasteiger partial charge in [0.1, 0.15) is 5.75 Å². The lowest BCUT2D eigenvalue weighted by Gasteiger charge is -2.13. The van der Waals surface area contributed by atoms with Crippen molar-refractivity contribution in [2.75, 3.05) is 6.61 Å². The van der Waals surface area contributed by atoms with E-state index >= 15 is 0 Å². The molecule has 0 fully saturated rings. The molecular weight excluding hydrogens is 263 g/mol. The van der Waals surface area contributed by atoms with Gasteiger partial charge < -0.3 is 4.74 Å². The van der Waals surface area contributed by atoms with E-state index in [9.17, 15) is 23.3 Å². The Kier molecular flexibility index (Phi) is 5.14. The van der Waals surface area contributed by atoms with Crippen molar-refractivity contribution < 1.29 is 22.8 Å². The highest BCUT2D eigenvalue weighted by Crippen LogP contribution is 2.42. The number of hydrogen-bond donors (Lipinski definition) is 0. The monoisotopic (exact) mass is 277 g/mol. The fraction of sp³-hybridized carbons (Fsp3) is 0.500. The molecule has 0 aliphatic carbocycles. The fourth-order valence-electron chi connectivity index (χ4n) is 1.61. The molecule has 0 amide bonds. The van der Waals surface area contributed by atoms with E-state index in [1.807, 2.05) is 6.92 Å². The van der Waals surface area contributed by atoms with Crippen molar-refractivity contribution in [3.63, 3.8) is 0 Å². The molecule has 19 heavy (non-hydrogen) atoms. The van der Waals surface area contributed by atoms with Crippen molar-refractivity contribution in [1.29, 1.82) is 0 Å². The van der Waals surface area contributed by atoms with E-state index in [1.165, 1.54) is 6.07 Å². The quantitative estimate of drug-likeness (QED) is 0.445. The van der Waals surface area contributed by atoms with Crippen molar-refractivity contribution in [3.8, 4) is 5.75 Å². The predicted octanol–water partition coefficient (Wildman–Crippen LogP) is 4.18. The molecule has 106 valence electrons. The Morgan fingerprint density at radius 1 is 1.32 bits per heavy atom. The van der Waals surface area contributed by atoms with Crippen LogP contribution in [0.5, 0.6) is 5.75 Å². The Morgan fingerprint density at radius 3 is 2.53 bits per heavy atom. The molecule has 0 aliphatic heterocycles. The lowest BCUT2D eigenvalue weighted by atomic mass is 10.1. The van der Waals surface area contributed by atoms with Gasteiger partial charge in [-0.15, -0.1) is 0 Å². The van der Waals surface area contributed by atoms with Crippen LogP contribution < -0.4 is 4.74 Å². The van der Waals surface area contributed by atoms with E-state index in [4.69, 9.17) is 4.74 Å². The Labute approximate surface area is 108 Å². The number of nitrogens with zero attached hydrogens (tertiary/aromatic N) is 1. The molecule has 0 unspecified atom stereocenters. The first-order chi connectivity index (χ1) is 8.88. The molecule has 4 nitrogen and oxygen atoms in total. The Bertz CT molecular complexity index is 446. The van der Waals surface area contributed by atoms with E-state index in [0.717, 1.165) is 25.0 Å². The molecular formula is C12H14F3NO3. The van der Waals surface area contributed by atoms with Gasteiger partial charge in [-0.25, -0.2) is 0 Å². The van der Waals surface area contributed by atoms with Crippen LogP contribution in [0.1, 0.15) is 31.7 Å². The molecule has 0 bridgehead atoms. The van der Waals surface area contributed by atoms with Crippen molar-refractivity contribution >= 4 is 5.69 Å². The summed E-state index contributed by atoms with van der Waals surface area (Å²) in [5.74, 6) is -0.488. The normalized spacial score (nSPS) is 11.4. The topological polar surface area (TPSA) is 52.4 Å². The SMILES string of the molecule is CCCCCOc1cccc([N+](=O)[O-])c1C(F)(F)F. The number of ether oxygens (including phenoxy) is 1. The first-order valence-electron chi connectivity index (χ1n) is 5.85. The van der Waals surface area contributed by atoms with Crippen molar-refractivity contribution in [2.45, 2.75) is 32.4 Å². The molecule has 0 radical (unpaired) electrons. The van der Waals surface area contributed by atoms with Crippen LogP contribution in [0.2, 0.25) is 0 Å². The maximum absolute atomic E-state index is 12.9. The van der Waals surface area contributed by atoms with Crippen LogP contribution >= 0.6 is 0 Å². The molecule has 0 N–H and O–H groups in total. The summed E-state index contributed by atoms with van der Waals surface area (Å²) < 4.78 is 43.6.